The molecule has 1 amide bonds. The first-order valence-electron chi connectivity index (χ1n) is 6.06. The van der Waals surface area contributed by atoms with E-state index in [9.17, 15) is 4.79 Å². The summed E-state index contributed by atoms with van der Waals surface area (Å²) in [5, 5.41) is 1.56. The number of nitrogens with zero attached hydrogens (tertiary/aromatic N) is 1. The van der Waals surface area contributed by atoms with Crippen LogP contribution in [0.1, 0.15) is 29.1 Å². The maximum Gasteiger partial charge on any atom is 0.265 e. The van der Waals surface area contributed by atoms with Gasteiger partial charge in [-0.25, -0.2) is 0 Å². The van der Waals surface area contributed by atoms with Gasteiger partial charge in [-0.1, -0.05) is 23.7 Å². The third-order valence-electron chi connectivity index (χ3n) is 3.03. The molecule has 0 aliphatic rings. The largest absolute Gasteiger partial charge is 0.338 e. The molecular formula is C14H16ClNOS. The molecule has 1 aromatic heterocycles. The number of benzene rings is 1. The number of carbonyl (C=O) groups is 1. The van der Waals surface area contributed by atoms with Gasteiger partial charge in [-0.15, -0.1) is 11.3 Å². The van der Waals surface area contributed by atoms with Gasteiger partial charge in [0.2, 0.25) is 0 Å². The van der Waals surface area contributed by atoms with Crippen LogP contribution in [0.3, 0.4) is 0 Å². The van der Waals surface area contributed by atoms with Gasteiger partial charge in [0.25, 0.3) is 5.91 Å². The lowest BCUT2D eigenvalue weighted by atomic mass is 10.2. The number of carbonyl (C=O) groups excluding carboxylic acids is 1. The maximum absolute atomic E-state index is 12.3. The second-order valence-electron chi connectivity index (χ2n) is 4.22. The summed E-state index contributed by atoms with van der Waals surface area (Å²) in [6.45, 7) is 7.41. The van der Waals surface area contributed by atoms with Crippen molar-refractivity contribution in [2.24, 2.45) is 0 Å². The first-order chi connectivity index (χ1) is 8.58. The second kappa shape index (κ2) is 5.29. The van der Waals surface area contributed by atoms with E-state index in [2.05, 4.69) is 6.07 Å². The van der Waals surface area contributed by atoms with Crippen LogP contribution in [-0.2, 0) is 0 Å². The summed E-state index contributed by atoms with van der Waals surface area (Å²) < 4.78 is 1.08. The van der Waals surface area contributed by atoms with Crippen LogP contribution in [0.2, 0.25) is 5.02 Å². The van der Waals surface area contributed by atoms with Gasteiger partial charge < -0.3 is 4.90 Å². The molecule has 0 bridgehead atoms. The number of hydrogen-bond donors (Lipinski definition) is 0. The zero-order valence-corrected chi connectivity index (χ0v) is 12.4. The fourth-order valence-electron chi connectivity index (χ4n) is 1.96. The normalized spacial score (nSPS) is 10.9. The zero-order valence-electron chi connectivity index (χ0n) is 10.8. The minimum atomic E-state index is 0.0313. The molecule has 2 rings (SSSR count). The molecule has 4 heteroatoms. The van der Waals surface area contributed by atoms with Gasteiger partial charge in [0.1, 0.15) is 4.88 Å². The van der Waals surface area contributed by atoms with Crippen molar-refractivity contribution in [3.8, 4) is 0 Å². The minimum absolute atomic E-state index is 0.0313. The van der Waals surface area contributed by atoms with Crippen molar-refractivity contribution in [3.63, 3.8) is 0 Å². The summed E-state index contributed by atoms with van der Waals surface area (Å²) in [6, 6.07) is 6.08. The van der Waals surface area contributed by atoms with Crippen LogP contribution < -0.4 is 0 Å². The predicted molar refractivity (Wildman–Crippen MR) is 78.8 cm³/mol. The van der Waals surface area contributed by atoms with Crippen molar-refractivity contribution in [2.45, 2.75) is 20.8 Å². The van der Waals surface area contributed by atoms with Crippen molar-refractivity contribution >= 4 is 38.9 Å². The standard InChI is InChI=1S/C14H16ClNOS/c1-4-16(5-2)14(17)13-12(15)10-7-6-9(3)8-11(10)18-13/h6-8H,4-5H2,1-3H3. The van der Waals surface area contributed by atoms with Crippen molar-refractivity contribution in [3.05, 3.63) is 33.7 Å². The maximum atomic E-state index is 12.3. The Morgan fingerprint density at radius 3 is 2.61 bits per heavy atom. The Kier molecular flexibility index (Phi) is 3.93. The average Bonchev–Trinajstić information content (AvgIpc) is 2.67. The molecule has 0 aliphatic heterocycles. The molecule has 96 valence electrons. The summed E-state index contributed by atoms with van der Waals surface area (Å²) in [6.07, 6.45) is 0. The Balaban J connectivity index is 2.51. The van der Waals surface area contributed by atoms with Gasteiger partial charge in [-0.2, -0.15) is 0 Å². The Morgan fingerprint density at radius 2 is 2.00 bits per heavy atom. The number of hydrogen-bond acceptors (Lipinski definition) is 2. The number of thiophene rings is 1. The summed E-state index contributed by atoms with van der Waals surface area (Å²) >= 11 is 7.81. The molecule has 0 N–H and O–H groups in total. The third kappa shape index (κ3) is 2.25. The van der Waals surface area contributed by atoms with E-state index < -0.39 is 0 Å². The predicted octanol–water partition coefficient (Wildman–Crippen LogP) is 4.35. The lowest BCUT2D eigenvalue weighted by molar-refractivity contribution is 0.0778. The fourth-order valence-corrected chi connectivity index (χ4v) is 3.54. The highest BCUT2D eigenvalue weighted by Gasteiger charge is 2.20. The Labute approximate surface area is 116 Å². The van der Waals surface area contributed by atoms with Crippen LogP contribution in [0.25, 0.3) is 10.1 Å². The number of amides is 1. The first kappa shape index (κ1) is 13.4. The molecule has 0 saturated carbocycles. The molecule has 0 fully saturated rings. The third-order valence-corrected chi connectivity index (χ3v) is 4.68. The van der Waals surface area contributed by atoms with Crippen LogP contribution in [0.15, 0.2) is 18.2 Å². The Bertz CT molecular complexity index is 587. The van der Waals surface area contributed by atoms with E-state index in [1.165, 1.54) is 16.9 Å². The summed E-state index contributed by atoms with van der Waals surface area (Å²) in [7, 11) is 0. The van der Waals surface area contributed by atoms with Crippen LogP contribution in [-0.4, -0.2) is 23.9 Å². The minimum Gasteiger partial charge on any atom is -0.338 e. The molecule has 0 atom stereocenters. The molecule has 0 aliphatic carbocycles. The average molecular weight is 282 g/mol. The molecule has 0 unspecified atom stereocenters. The van der Waals surface area contributed by atoms with E-state index in [1.807, 2.05) is 32.9 Å². The molecule has 18 heavy (non-hydrogen) atoms. The number of rotatable bonds is 3. The number of aryl methyl sites for hydroxylation is 1. The van der Waals surface area contributed by atoms with Crippen molar-refractivity contribution < 1.29 is 4.79 Å². The van der Waals surface area contributed by atoms with Gasteiger partial charge in [0, 0.05) is 23.2 Å². The van der Waals surface area contributed by atoms with E-state index in [-0.39, 0.29) is 5.91 Å². The molecule has 2 nitrogen and oxygen atoms in total. The van der Waals surface area contributed by atoms with Gasteiger partial charge in [-0.3, -0.25) is 4.79 Å². The first-order valence-corrected chi connectivity index (χ1v) is 7.25. The van der Waals surface area contributed by atoms with Crippen LogP contribution in [0.5, 0.6) is 0 Å². The molecule has 0 radical (unpaired) electrons. The van der Waals surface area contributed by atoms with Crippen LogP contribution >= 0.6 is 22.9 Å². The second-order valence-corrected chi connectivity index (χ2v) is 5.65. The number of fused-ring (bicyclic) bond motifs is 1. The SMILES string of the molecule is CCN(CC)C(=O)c1sc2cc(C)ccc2c1Cl. The highest BCUT2D eigenvalue weighted by atomic mass is 35.5. The van der Waals surface area contributed by atoms with Gasteiger partial charge in [0.05, 0.1) is 5.02 Å². The summed E-state index contributed by atoms with van der Waals surface area (Å²) in [5.41, 5.74) is 1.18. The van der Waals surface area contributed by atoms with E-state index in [1.54, 1.807) is 4.90 Å². The van der Waals surface area contributed by atoms with E-state index in [0.717, 1.165) is 10.1 Å². The quantitative estimate of drug-likeness (QED) is 0.819. The van der Waals surface area contributed by atoms with Crippen molar-refractivity contribution in [1.29, 1.82) is 0 Å². The molecule has 0 spiro atoms. The summed E-state index contributed by atoms with van der Waals surface area (Å²) in [4.78, 5) is 14.8. The van der Waals surface area contributed by atoms with E-state index in [0.29, 0.717) is 23.0 Å². The van der Waals surface area contributed by atoms with Gasteiger partial charge in [0.15, 0.2) is 0 Å². The number of halogens is 1. The lowest BCUT2D eigenvalue weighted by Gasteiger charge is -2.17. The van der Waals surface area contributed by atoms with Crippen molar-refractivity contribution in [2.75, 3.05) is 13.1 Å². The van der Waals surface area contributed by atoms with Crippen LogP contribution in [0.4, 0.5) is 0 Å². The zero-order chi connectivity index (χ0) is 13.3. The highest BCUT2D eigenvalue weighted by Crippen LogP contribution is 2.36. The molecule has 1 heterocycles. The molecule has 1 aromatic carbocycles. The van der Waals surface area contributed by atoms with Gasteiger partial charge in [-0.05, 0) is 32.4 Å². The van der Waals surface area contributed by atoms with Crippen molar-refractivity contribution in [1.82, 2.24) is 4.90 Å². The van der Waals surface area contributed by atoms with E-state index in [4.69, 9.17) is 11.6 Å². The van der Waals surface area contributed by atoms with Gasteiger partial charge >= 0.3 is 0 Å². The Morgan fingerprint density at radius 1 is 1.33 bits per heavy atom. The monoisotopic (exact) mass is 281 g/mol. The highest BCUT2D eigenvalue weighted by molar-refractivity contribution is 7.21. The smallest absolute Gasteiger partial charge is 0.265 e. The van der Waals surface area contributed by atoms with E-state index >= 15 is 0 Å². The summed E-state index contributed by atoms with van der Waals surface area (Å²) in [5.74, 6) is 0.0313. The molecule has 2 aromatic rings. The Hall–Kier alpha value is -1.06. The van der Waals surface area contributed by atoms with Crippen LogP contribution in [0, 0.1) is 6.92 Å². The molecular weight excluding hydrogens is 266 g/mol. The topological polar surface area (TPSA) is 20.3 Å². The molecule has 0 saturated heterocycles. The lowest BCUT2D eigenvalue weighted by Crippen LogP contribution is -2.29. The fraction of sp³-hybridized carbons (Fsp3) is 0.357.